The molecular weight excluding hydrogens is 561 g/mol. The summed E-state index contributed by atoms with van der Waals surface area (Å²) in [6.45, 7) is 1.97. The molecule has 10 nitrogen and oxygen atoms in total. The van der Waals surface area contributed by atoms with Crippen LogP contribution in [-0.2, 0) is 37.5 Å². The van der Waals surface area contributed by atoms with Gasteiger partial charge in [0.25, 0.3) is 0 Å². The number of likely N-dealkylation sites (N-methyl/N-ethyl adjacent to an activating group) is 1. The van der Waals surface area contributed by atoms with Gasteiger partial charge < -0.3 is 23.6 Å². The first-order valence-corrected chi connectivity index (χ1v) is 17.7. The van der Waals surface area contributed by atoms with Gasteiger partial charge in [-0.05, 0) is 12.8 Å². The van der Waals surface area contributed by atoms with Gasteiger partial charge in [-0.15, -0.1) is 0 Å². The third kappa shape index (κ3) is 28.8. The maximum atomic E-state index is 12.2. The largest absolute Gasteiger partial charge is 0.472 e. The first-order chi connectivity index (χ1) is 20.0. The summed E-state index contributed by atoms with van der Waals surface area (Å²) in [6.07, 6.45) is 19.0. The minimum Gasteiger partial charge on any atom is -0.462 e. The smallest absolute Gasteiger partial charge is 0.462 e. The monoisotopic (exact) mass is 622 g/mol. The predicted octanol–water partition coefficient (Wildman–Crippen LogP) is 6.91. The number of carbonyl (C=O) groups excluding carboxylic acids is 3. The van der Waals surface area contributed by atoms with Gasteiger partial charge in [0.1, 0.15) is 26.0 Å². The number of phosphoric acid groups is 1. The number of hydrogen-bond acceptors (Lipinski definition) is 8. The summed E-state index contributed by atoms with van der Waals surface area (Å²) in [5.74, 6) is -1.03. The average Bonchev–Trinajstić information content (AvgIpc) is 2.91. The molecule has 0 aromatic heterocycles. The number of unbranched alkanes of at least 4 members (excludes halogenated alkanes) is 15. The quantitative estimate of drug-likeness (QED) is 0.0299. The van der Waals surface area contributed by atoms with E-state index >= 15 is 0 Å². The van der Waals surface area contributed by atoms with Crippen molar-refractivity contribution < 1.29 is 46.8 Å². The van der Waals surface area contributed by atoms with Crippen molar-refractivity contribution in [1.82, 2.24) is 0 Å². The van der Waals surface area contributed by atoms with Crippen LogP contribution in [0.1, 0.15) is 129 Å². The standard InChI is InChI=1S/C31H60NO9P/c1-5-6-7-8-9-10-11-12-13-14-15-16-17-18-19-22-30(34)38-27-29(41-31(35)23-20-21-25-33)28-40-42(36,37)39-26-24-32(2,3)4/h25,29H,5-24,26-28H2,1-4H3/p+1/t29-/m1/s1. The van der Waals surface area contributed by atoms with E-state index in [0.29, 0.717) is 23.7 Å². The minimum atomic E-state index is -4.38. The molecule has 42 heavy (non-hydrogen) atoms. The molecule has 0 saturated heterocycles. The summed E-state index contributed by atoms with van der Waals surface area (Å²) in [7, 11) is 1.37. The number of nitrogens with zero attached hydrogens (tertiary/aromatic N) is 1. The van der Waals surface area contributed by atoms with Gasteiger partial charge >= 0.3 is 19.8 Å². The molecule has 0 radical (unpaired) electrons. The van der Waals surface area contributed by atoms with E-state index < -0.39 is 32.5 Å². The Bertz CT molecular complexity index is 742. The van der Waals surface area contributed by atoms with Gasteiger partial charge in [0.15, 0.2) is 6.10 Å². The highest BCUT2D eigenvalue weighted by molar-refractivity contribution is 7.47. The van der Waals surface area contributed by atoms with Gasteiger partial charge in [-0.2, -0.15) is 0 Å². The van der Waals surface area contributed by atoms with Crippen LogP contribution in [0.3, 0.4) is 0 Å². The molecule has 0 rings (SSSR count). The number of rotatable bonds is 30. The molecule has 1 unspecified atom stereocenters. The highest BCUT2D eigenvalue weighted by atomic mass is 31.2. The molecule has 2 atom stereocenters. The van der Waals surface area contributed by atoms with E-state index in [0.717, 1.165) is 19.3 Å². The van der Waals surface area contributed by atoms with Crippen molar-refractivity contribution in [3.63, 3.8) is 0 Å². The molecule has 0 aliphatic heterocycles. The van der Waals surface area contributed by atoms with Gasteiger partial charge in [-0.25, -0.2) is 4.57 Å². The molecule has 0 aromatic rings. The fraction of sp³-hybridized carbons (Fsp3) is 0.903. The Balaban J connectivity index is 4.19. The van der Waals surface area contributed by atoms with Crippen molar-refractivity contribution in [1.29, 1.82) is 0 Å². The molecule has 11 heteroatoms. The van der Waals surface area contributed by atoms with E-state index in [9.17, 15) is 23.8 Å². The fourth-order valence-corrected chi connectivity index (χ4v) is 4.98. The molecular formula is C31H61NO9P+. The zero-order valence-corrected chi connectivity index (χ0v) is 27.9. The molecule has 0 bridgehead atoms. The maximum absolute atomic E-state index is 12.2. The number of hydrogen-bond donors (Lipinski definition) is 1. The Hall–Kier alpha value is -1.32. The summed E-state index contributed by atoms with van der Waals surface area (Å²) in [4.78, 5) is 44.8. The molecule has 0 fully saturated rings. The summed E-state index contributed by atoms with van der Waals surface area (Å²) >= 11 is 0. The lowest BCUT2D eigenvalue weighted by Crippen LogP contribution is -2.37. The second kappa shape index (κ2) is 26.1. The Labute approximate surface area is 255 Å². The Kier molecular flexibility index (Phi) is 25.3. The van der Waals surface area contributed by atoms with Crippen LogP contribution < -0.4 is 0 Å². The van der Waals surface area contributed by atoms with Crippen LogP contribution in [-0.4, -0.2) is 81.2 Å². The Morgan fingerprint density at radius 2 is 1.24 bits per heavy atom. The van der Waals surface area contributed by atoms with Crippen LogP contribution in [0, 0.1) is 0 Å². The van der Waals surface area contributed by atoms with Crippen molar-refractivity contribution in [2.24, 2.45) is 0 Å². The van der Waals surface area contributed by atoms with Crippen LogP contribution in [0.25, 0.3) is 0 Å². The number of quaternary nitrogens is 1. The highest BCUT2D eigenvalue weighted by Crippen LogP contribution is 2.43. The lowest BCUT2D eigenvalue weighted by atomic mass is 10.0. The molecule has 0 heterocycles. The van der Waals surface area contributed by atoms with Crippen molar-refractivity contribution in [3.05, 3.63) is 0 Å². The van der Waals surface area contributed by atoms with E-state index in [1.165, 1.54) is 77.0 Å². The molecule has 0 spiro atoms. The van der Waals surface area contributed by atoms with Crippen LogP contribution >= 0.6 is 7.82 Å². The minimum absolute atomic E-state index is 0.000896. The van der Waals surface area contributed by atoms with Crippen molar-refractivity contribution in [3.8, 4) is 0 Å². The van der Waals surface area contributed by atoms with E-state index in [2.05, 4.69) is 6.92 Å². The molecule has 0 aromatic carbocycles. The third-order valence-corrected chi connectivity index (χ3v) is 7.84. The number of carbonyl (C=O) groups is 3. The van der Waals surface area contributed by atoms with Crippen LogP contribution in [0.4, 0.5) is 0 Å². The Morgan fingerprint density at radius 3 is 1.74 bits per heavy atom. The van der Waals surface area contributed by atoms with Gasteiger partial charge in [0.2, 0.25) is 0 Å². The third-order valence-electron chi connectivity index (χ3n) is 6.86. The summed E-state index contributed by atoms with van der Waals surface area (Å²) in [5, 5.41) is 0. The zero-order chi connectivity index (χ0) is 31.5. The van der Waals surface area contributed by atoms with Crippen LogP contribution in [0.5, 0.6) is 0 Å². The zero-order valence-electron chi connectivity index (χ0n) is 27.0. The average molecular weight is 623 g/mol. The molecule has 0 aliphatic rings. The van der Waals surface area contributed by atoms with Gasteiger partial charge in [-0.3, -0.25) is 18.6 Å². The summed E-state index contributed by atoms with van der Waals surface area (Å²) in [6, 6.07) is 0. The molecule has 0 saturated carbocycles. The van der Waals surface area contributed by atoms with E-state index in [-0.39, 0.29) is 32.5 Å². The van der Waals surface area contributed by atoms with Crippen molar-refractivity contribution >= 4 is 26.0 Å². The number of phosphoric ester groups is 1. The first kappa shape index (κ1) is 40.7. The highest BCUT2D eigenvalue weighted by Gasteiger charge is 2.27. The normalized spacial score (nSPS) is 13.8. The lowest BCUT2D eigenvalue weighted by molar-refractivity contribution is -0.870. The van der Waals surface area contributed by atoms with Crippen LogP contribution in [0.2, 0.25) is 0 Å². The molecule has 0 aliphatic carbocycles. The first-order valence-electron chi connectivity index (χ1n) is 16.2. The lowest BCUT2D eigenvalue weighted by Gasteiger charge is -2.24. The number of aldehydes is 1. The van der Waals surface area contributed by atoms with E-state index in [4.69, 9.17) is 18.5 Å². The van der Waals surface area contributed by atoms with Gasteiger partial charge in [0.05, 0.1) is 27.7 Å². The maximum Gasteiger partial charge on any atom is 0.472 e. The predicted molar refractivity (Wildman–Crippen MR) is 165 cm³/mol. The molecule has 0 amide bonds. The number of ether oxygens (including phenoxy) is 2. The van der Waals surface area contributed by atoms with E-state index in [1.54, 1.807) is 0 Å². The summed E-state index contributed by atoms with van der Waals surface area (Å²) < 4.78 is 33.3. The fourth-order valence-electron chi connectivity index (χ4n) is 4.23. The second-order valence-corrected chi connectivity index (χ2v) is 13.6. The SMILES string of the molecule is CCCCCCCCCCCCCCCCCC(=O)OC[C@H](COP(=O)(O)OCC[N+](C)(C)C)OC(=O)CCCC=O. The van der Waals surface area contributed by atoms with Crippen molar-refractivity contribution in [2.75, 3.05) is 47.5 Å². The number of esters is 2. The topological polar surface area (TPSA) is 125 Å². The van der Waals surface area contributed by atoms with Crippen LogP contribution in [0.15, 0.2) is 0 Å². The van der Waals surface area contributed by atoms with E-state index in [1.807, 2.05) is 21.1 Å². The molecule has 248 valence electrons. The van der Waals surface area contributed by atoms with Gasteiger partial charge in [-0.1, -0.05) is 96.8 Å². The molecule has 1 N–H and O–H groups in total. The van der Waals surface area contributed by atoms with Crippen molar-refractivity contribution in [2.45, 2.75) is 135 Å². The Morgan fingerprint density at radius 1 is 0.738 bits per heavy atom. The second-order valence-electron chi connectivity index (χ2n) is 12.2. The summed E-state index contributed by atoms with van der Waals surface area (Å²) in [5.41, 5.74) is 0. The van der Waals surface area contributed by atoms with Gasteiger partial charge in [0, 0.05) is 19.3 Å².